The van der Waals surface area contributed by atoms with Crippen molar-refractivity contribution in [1.29, 1.82) is 0 Å². The minimum Gasteiger partial charge on any atom is -0.542 e. The highest BCUT2D eigenvalue weighted by atomic mass is 19.4. The van der Waals surface area contributed by atoms with Crippen molar-refractivity contribution in [3.8, 4) is 0 Å². The molecule has 0 spiro atoms. The number of amides is 1. The molecule has 0 aliphatic heterocycles. The van der Waals surface area contributed by atoms with Crippen LogP contribution in [0.1, 0.15) is 60.0 Å². The van der Waals surface area contributed by atoms with Crippen LogP contribution in [0.15, 0.2) is 40.8 Å². The van der Waals surface area contributed by atoms with Gasteiger partial charge in [0.1, 0.15) is 11.7 Å². The highest BCUT2D eigenvalue weighted by molar-refractivity contribution is 5.92. The zero-order valence-corrected chi connectivity index (χ0v) is 22.3. The van der Waals surface area contributed by atoms with E-state index in [2.05, 4.69) is 36.5 Å². The van der Waals surface area contributed by atoms with Crippen LogP contribution in [0.4, 0.5) is 13.2 Å². The summed E-state index contributed by atoms with van der Waals surface area (Å²) < 4.78 is 37.8. The summed E-state index contributed by atoms with van der Waals surface area (Å²) in [6.07, 6.45) is 1.09. The van der Waals surface area contributed by atoms with Crippen LogP contribution in [-0.4, -0.2) is 67.3 Å². The average molecular weight is 543 g/mol. The number of quaternary nitrogens is 1. The first-order chi connectivity index (χ1) is 17.6. The van der Waals surface area contributed by atoms with E-state index in [4.69, 9.17) is 19.4 Å². The summed E-state index contributed by atoms with van der Waals surface area (Å²) in [6, 6.07) is 11.7. The van der Waals surface area contributed by atoms with E-state index in [9.17, 15) is 22.8 Å². The van der Waals surface area contributed by atoms with E-state index in [0.717, 1.165) is 18.6 Å². The van der Waals surface area contributed by atoms with Gasteiger partial charge in [-0.15, -0.1) is 0 Å². The van der Waals surface area contributed by atoms with Gasteiger partial charge in [0.15, 0.2) is 5.76 Å². The maximum absolute atomic E-state index is 12.6. The fourth-order valence-corrected chi connectivity index (χ4v) is 3.64. The molecule has 1 amide bonds. The van der Waals surface area contributed by atoms with Crippen LogP contribution >= 0.6 is 0 Å². The number of carbonyl (C=O) groups excluding carboxylic acids is 2. The first-order valence-corrected chi connectivity index (χ1v) is 12.4. The molecule has 8 nitrogen and oxygen atoms in total. The number of halogens is 3. The van der Waals surface area contributed by atoms with Gasteiger partial charge in [-0.25, -0.2) is 0 Å². The zero-order valence-electron chi connectivity index (χ0n) is 22.3. The molecule has 0 saturated heterocycles. The highest BCUT2D eigenvalue weighted by Gasteiger charge is 2.29. The van der Waals surface area contributed by atoms with Crippen LogP contribution < -0.4 is 10.4 Å². The molecule has 1 atom stereocenters. The third-order valence-electron chi connectivity index (χ3n) is 5.39. The van der Waals surface area contributed by atoms with Crippen LogP contribution in [0.25, 0.3) is 0 Å². The van der Waals surface area contributed by atoms with Crippen molar-refractivity contribution in [1.82, 2.24) is 5.32 Å². The summed E-state index contributed by atoms with van der Waals surface area (Å²) in [6.45, 7) is 2.73. The van der Waals surface area contributed by atoms with Gasteiger partial charge in [-0.3, -0.25) is 9.59 Å². The maximum Gasteiger partial charge on any atom is 0.430 e. The molecule has 1 heterocycles. The van der Waals surface area contributed by atoms with Crippen molar-refractivity contribution in [2.45, 2.75) is 64.1 Å². The lowest BCUT2D eigenvalue weighted by Gasteiger charge is -2.28. The molecular formula is C27H37F3N2O6. The van der Waals surface area contributed by atoms with E-state index in [-0.39, 0.29) is 18.1 Å². The van der Waals surface area contributed by atoms with Crippen molar-refractivity contribution < 1.29 is 46.7 Å². The molecule has 0 saturated carbocycles. The number of nitrogens with one attached hydrogen (secondary N) is 1. The number of aryl methyl sites for hydroxylation is 3. The first kappa shape index (κ1) is 32.7. The Bertz CT molecular complexity index is 1030. The largest absolute Gasteiger partial charge is 0.542 e. The lowest BCUT2D eigenvalue weighted by molar-refractivity contribution is -0.871. The Labute approximate surface area is 221 Å². The fourth-order valence-electron chi connectivity index (χ4n) is 3.64. The molecule has 0 bridgehead atoms. The molecule has 2 rings (SSSR count). The number of carboxylic acids is 2. The molecule has 212 valence electrons. The second-order valence-electron chi connectivity index (χ2n) is 10.1. The van der Waals surface area contributed by atoms with Gasteiger partial charge in [-0.2, -0.15) is 13.2 Å². The predicted octanol–water partition coefficient (Wildman–Crippen LogP) is 3.38. The summed E-state index contributed by atoms with van der Waals surface area (Å²) in [7, 11) is 5.89. The number of hydrogen-bond donors (Lipinski definition) is 2. The second-order valence-corrected chi connectivity index (χ2v) is 10.1. The third kappa shape index (κ3) is 13.8. The Kier molecular flexibility index (Phi) is 13.0. The van der Waals surface area contributed by atoms with Crippen LogP contribution in [0.5, 0.6) is 0 Å². The molecule has 0 aliphatic carbocycles. The molecule has 2 aromatic rings. The number of furan rings is 1. The smallest absolute Gasteiger partial charge is 0.430 e. The van der Waals surface area contributed by atoms with Crippen LogP contribution in [-0.2, 0) is 28.9 Å². The fraction of sp³-hybridized carbons (Fsp3) is 0.519. The van der Waals surface area contributed by atoms with Crippen LogP contribution in [0.3, 0.4) is 0 Å². The monoisotopic (exact) mass is 542 g/mol. The van der Waals surface area contributed by atoms with Crippen molar-refractivity contribution in [2.24, 2.45) is 0 Å². The SMILES string of the molecule is CCCCCc1ccc(CCc2ccc(C(=O)N[C@H](CC(=O)O)C[N+](C)(C)C)o2)cc1.O=C([O-])C(F)(F)F. The minimum atomic E-state index is -5.19. The zero-order chi connectivity index (χ0) is 28.9. The van der Waals surface area contributed by atoms with Crippen LogP contribution in [0.2, 0.25) is 0 Å². The van der Waals surface area contributed by atoms with Crippen molar-refractivity contribution in [3.05, 3.63) is 59.0 Å². The number of carbonyl (C=O) groups is 3. The molecule has 0 aliphatic rings. The summed E-state index contributed by atoms with van der Waals surface area (Å²) in [4.78, 5) is 32.5. The lowest BCUT2D eigenvalue weighted by atomic mass is 10.0. The molecule has 0 unspecified atom stereocenters. The summed E-state index contributed by atoms with van der Waals surface area (Å²) in [5.41, 5.74) is 2.62. The van der Waals surface area contributed by atoms with Gasteiger partial charge in [-0.1, -0.05) is 44.0 Å². The molecule has 11 heteroatoms. The summed E-state index contributed by atoms with van der Waals surface area (Å²) in [5, 5.41) is 20.7. The Morgan fingerprint density at radius 2 is 1.53 bits per heavy atom. The average Bonchev–Trinajstić information content (AvgIpc) is 3.26. The van der Waals surface area contributed by atoms with Gasteiger partial charge in [-0.05, 0) is 42.5 Å². The maximum atomic E-state index is 12.6. The van der Waals surface area contributed by atoms with Crippen molar-refractivity contribution in [3.63, 3.8) is 0 Å². The van der Waals surface area contributed by atoms with Gasteiger partial charge < -0.3 is 29.2 Å². The number of benzene rings is 1. The summed E-state index contributed by atoms with van der Waals surface area (Å²) in [5.74, 6) is -3.35. The molecule has 38 heavy (non-hydrogen) atoms. The van der Waals surface area contributed by atoms with Gasteiger partial charge in [0, 0.05) is 6.42 Å². The predicted molar refractivity (Wildman–Crippen MR) is 133 cm³/mol. The van der Waals surface area contributed by atoms with E-state index in [1.54, 1.807) is 6.07 Å². The second kappa shape index (κ2) is 15.2. The molecule has 2 N–H and O–H groups in total. The normalized spacial score (nSPS) is 12.3. The number of carboxylic acid groups (broad SMARTS) is 2. The van der Waals surface area contributed by atoms with Gasteiger partial charge in [0.25, 0.3) is 5.91 Å². The Balaban J connectivity index is 0.000000905. The number of nitrogens with zero attached hydrogens (tertiary/aromatic N) is 1. The third-order valence-corrected chi connectivity index (χ3v) is 5.39. The van der Waals surface area contributed by atoms with Gasteiger partial charge in [0.2, 0.25) is 0 Å². The van der Waals surface area contributed by atoms with Crippen molar-refractivity contribution >= 4 is 17.8 Å². The minimum absolute atomic E-state index is 0.122. The standard InChI is InChI=1S/C25H36N2O4.C2HF3O2/c1-5-6-7-8-19-9-11-20(12-10-19)13-14-22-15-16-23(31-22)25(30)26-21(17-24(28)29)18-27(2,3)4;3-2(4,5)1(6)7/h9-12,15-16,21H,5-8,13-14,17-18H2,1-4H3,(H-,26,28,29,30);(H,6,7)/t21-;/m1./s1. The van der Waals surface area contributed by atoms with E-state index in [1.807, 2.05) is 27.2 Å². The molecular weight excluding hydrogens is 505 g/mol. The summed E-state index contributed by atoms with van der Waals surface area (Å²) >= 11 is 0. The topological polar surface area (TPSA) is 120 Å². The van der Waals surface area contributed by atoms with E-state index in [0.29, 0.717) is 17.4 Å². The number of aliphatic carboxylic acids is 2. The molecule has 1 aromatic carbocycles. The quantitative estimate of drug-likeness (QED) is 0.296. The highest BCUT2D eigenvalue weighted by Crippen LogP contribution is 2.15. The lowest BCUT2D eigenvalue weighted by Crippen LogP contribution is -2.49. The number of alkyl halides is 3. The van der Waals surface area contributed by atoms with Crippen molar-refractivity contribution in [2.75, 3.05) is 27.7 Å². The van der Waals surface area contributed by atoms with Gasteiger partial charge >= 0.3 is 12.1 Å². The van der Waals surface area contributed by atoms with Crippen LogP contribution in [0, 0.1) is 0 Å². The number of rotatable bonds is 13. The Hall–Kier alpha value is -3.34. The van der Waals surface area contributed by atoms with E-state index in [1.165, 1.54) is 30.4 Å². The molecule has 0 radical (unpaired) electrons. The van der Waals surface area contributed by atoms with E-state index < -0.39 is 24.2 Å². The van der Waals surface area contributed by atoms with Gasteiger partial charge in [0.05, 0.1) is 40.2 Å². The molecule has 1 aromatic heterocycles. The number of likely N-dealkylation sites (N-methyl/N-ethyl adjacent to an activating group) is 1. The number of hydrogen-bond acceptors (Lipinski definition) is 5. The number of unbranched alkanes of at least 4 members (excludes halogenated alkanes) is 2. The molecule has 0 fully saturated rings. The Morgan fingerprint density at radius 1 is 0.974 bits per heavy atom. The first-order valence-electron chi connectivity index (χ1n) is 12.4. The van der Waals surface area contributed by atoms with E-state index >= 15 is 0 Å². The Morgan fingerprint density at radius 3 is 2.00 bits per heavy atom.